The van der Waals surface area contributed by atoms with E-state index in [1.54, 1.807) is 11.3 Å². The number of thiazole rings is 1. The fourth-order valence-corrected chi connectivity index (χ4v) is 3.91. The van der Waals surface area contributed by atoms with Gasteiger partial charge >= 0.3 is 0 Å². The van der Waals surface area contributed by atoms with E-state index >= 15 is 0 Å². The lowest BCUT2D eigenvalue weighted by Crippen LogP contribution is -2.46. The Hall–Kier alpha value is -1.69. The van der Waals surface area contributed by atoms with Crippen molar-refractivity contribution in [3.8, 4) is 0 Å². The smallest absolute Gasteiger partial charge is 0.223 e. The molecule has 1 atom stereocenters. The molecule has 1 saturated heterocycles. The number of carbonyl (C=O) groups excluding carboxylic acids is 1. The van der Waals surface area contributed by atoms with E-state index < -0.39 is 0 Å². The molecule has 124 valence electrons. The van der Waals surface area contributed by atoms with Gasteiger partial charge in [0.1, 0.15) is 0 Å². The summed E-state index contributed by atoms with van der Waals surface area (Å²) in [7, 11) is 0. The van der Waals surface area contributed by atoms with Gasteiger partial charge in [-0.25, -0.2) is 4.98 Å². The summed E-state index contributed by atoms with van der Waals surface area (Å²) in [6.07, 6.45) is 4.67. The van der Waals surface area contributed by atoms with Gasteiger partial charge in [-0.3, -0.25) is 9.48 Å². The maximum Gasteiger partial charge on any atom is 0.223 e. The van der Waals surface area contributed by atoms with Crippen LogP contribution in [0, 0.1) is 13.8 Å². The van der Waals surface area contributed by atoms with Gasteiger partial charge in [0.05, 0.1) is 29.5 Å². The molecule has 0 N–H and O–H groups in total. The van der Waals surface area contributed by atoms with Crippen LogP contribution in [0.2, 0.25) is 0 Å². The summed E-state index contributed by atoms with van der Waals surface area (Å²) in [6, 6.07) is 2.36. The molecular weight excluding hydrogens is 308 g/mol. The first-order valence-corrected chi connectivity index (χ1v) is 9.25. The fraction of sp³-hybridized carbons (Fsp3) is 0.588. The van der Waals surface area contributed by atoms with E-state index in [0.29, 0.717) is 6.42 Å². The van der Waals surface area contributed by atoms with E-state index in [0.717, 1.165) is 43.7 Å². The number of likely N-dealkylation sites (tertiary alicyclic amines) is 1. The number of hydrogen-bond donors (Lipinski definition) is 0. The first-order valence-electron chi connectivity index (χ1n) is 8.31. The third-order valence-electron chi connectivity index (χ3n) is 4.51. The third kappa shape index (κ3) is 3.99. The molecular formula is C17H24N4OS. The van der Waals surface area contributed by atoms with Gasteiger partial charge in [-0.1, -0.05) is 0 Å². The molecule has 2 aromatic heterocycles. The van der Waals surface area contributed by atoms with Crippen molar-refractivity contribution in [2.75, 3.05) is 6.54 Å². The van der Waals surface area contributed by atoms with Crippen LogP contribution in [0.25, 0.3) is 0 Å². The molecule has 1 fully saturated rings. The highest BCUT2D eigenvalue weighted by Gasteiger charge is 2.27. The van der Waals surface area contributed by atoms with Gasteiger partial charge in [-0.15, -0.1) is 11.3 Å². The van der Waals surface area contributed by atoms with Gasteiger partial charge in [-0.2, -0.15) is 5.10 Å². The molecule has 23 heavy (non-hydrogen) atoms. The normalized spacial score (nSPS) is 18.3. The maximum absolute atomic E-state index is 12.7. The Morgan fingerprint density at radius 1 is 1.39 bits per heavy atom. The van der Waals surface area contributed by atoms with Gasteiger partial charge in [0.2, 0.25) is 5.91 Å². The second kappa shape index (κ2) is 7.25. The Kier molecular flexibility index (Phi) is 5.10. The Morgan fingerprint density at radius 2 is 2.26 bits per heavy atom. The van der Waals surface area contributed by atoms with Crippen molar-refractivity contribution < 1.29 is 4.79 Å². The average Bonchev–Trinajstić information content (AvgIpc) is 3.15. The van der Waals surface area contributed by atoms with Gasteiger partial charge in [0.15, 0.2) is 0 Å². The van der Waals surface area contributed by atoms with Crippen molar-refractivity contribution >= 4 is 17.2 Å². The summed E-state index contributed by atoms with van der Waals surface area (Å²) in [6.45, 7) is 5.78. The van der Waals surface area contributed by atoms with E-state index in [2.05, 4.69) is 28.0 Å². The van der Waals surface area contributed by atoms with Gasteiger partial charge in [0, 0.05) is 24.0 Å². The molecule has 5 nitrogen and oxygen atoms in total. The monoisotopic (exact) mass is 332 g/mol. The fourth-order valence-electron chi connectivity index (χ4n) is 3.32. The predicted octanol–water partition coefficient (Wildman–Crippen LogP) is 2.97. The lowest BCUT2D eigenvalue weighted by Gasteiger charge is -2.36. The molecule has 1 amide bonds. The second-order valence-corrected chi connectivity index (χ2v) is 7.04. The number of piperidine rings is 1. The van der Waals surface area contributed by atoms with Crippen molar-refractivity contribution in [2.45, 2.75) is 58.5 Å². The molecule has 0 saturated carbocycles. The number of rotatable bonds is 5. The minimum atomic E-state index is 0.254. The van der Waals surface area contributed by atoms with Crippen LogP contribution in [0.4, 0.5) is 0 Å². The average molecular weight is 332 g/mol. The molecule has 3 heterocycles. The van der Waals surface area contributed by atoms with Crippen molar-refractivity contribution in [1.82, 2.24) is 19.7 Å². The molecule has 0 aliphatic carbocycles. The summed E-state index contributed by atoms with van der Waals surface area (Å²) in [5.74, 6) is 0.254. The van der Waals surface area contributed by atoms with Crippen molar-refractivity contribution in [2.24, 2.45) is 0 Å². The van der Waals surface area contributed by atoms with Crippen LogP contribution in [0.3, 0.4) is 0 Å². The topological polar surface area (TPSA) is 51.0 Å². The molecule has 0 radical (unpaired) electrons. The highest BCUT2D eigenvalue weighted by atomic mass is 32.1. The second-order valence-electron chi connectivity index (χ2n) is 6.33. The first-order chi connectivity index (χ1) is 11.1. The summed E-state index contributed by atoms with van der Waals surface area (Å²) >= 11 is 1.59. The lowest BCUT2D eigenvalue weighted by atomic mass is 10.0. The van der Waals surface area contributed by atoms with Crippen LogP contribution in [0.15, 0.2) is 17.0 Å². The van der Waals surface area contributed by atoms with E-state index in [9.17, 15) is 4.79 Å². The van der Waals surface area contributed by atoms with Crippen LogP contribution >= 0.6 is 11.3 Å². The molecule has 1 aliphatic heterocycles. The van der Waals surface area contributed by atoms with E-state index in [1.807, 2.05) is 22.5 Å². The Morgan fingerprint density at radius 3 is 2.96 bits per heavy atom. The molecule has 1 unspecified atom stereocenters. The molecule has 0 spiro atoms. The number of aryl methyl sites for hydroxylation is 3. The molecule has 0 bridgehead atoms. The standard InChI is InChI=1S/C17H24N4OS/c1-13-9-14(2)21(19-13)10-16-5-3-4-8-20(16)17(22)7-6-15-11-23-12-18-15/h9,11-12,16H,3-8,10H2,1-2H3. The summed E-state index contributed by atoms with van der Waals surface area (Å²) in [5.41, 5.74) is 5.06. The van der Waals surface area contributed by atoms with E-state index in [4.69, 9.17) is 0 Å². The summed E-state index contributed by atoms with van der Waals surface area (Å²) < 4.78 is 2.05. The Bertz CT molecular complexity index is 650. The quantitative estimate of drug-likeness (QED) is 0.846. The molecule has 1 aliphatic rings. The summed E-state index contributed by atoms with van der Waals surface area (Å²) in [4.78, 5) is 19.0. The van der Waals surface area contributed by atoms with Crippen LogP contribution in [-0.2, 0) is 17.8 Å². The molecule has 0 aromatic carbocycles. The summed E-state index contributed by atoms with van der Waals surface area (Å²) in [5, 5.41) is 6.58. The highest BCUT2D eigenvalue weighted by Crippen LogP contribution is 2.21. The van der Waals surface area contributed by atoms with Gasteiger partial charge in [-0.05, 0) is 45.6 Å². The zero-order chi connectivity index (χ0) is 16.2. The van der Waals surface area contributed by atoms with Crippen molar-refractivity contribution in [3.05, 3.63) is 34.0 Å². The van der Waals surface area contributed by atoms with Gasteiger partial charge < -0.3 is 4.90 Å². The molecule has 2 aromatic rings. The first kappa shape index (κ1) is 16.2. The van der Waals surface area contributed by atoms with Crippen LogP contribution in [0.1, 0.15) is 42.8 Å². The minimum Gasteiger partial charge on any atom is -0.338 e. The number of nitrogens with zero attached hydrogens (tertiary/aromatic N) is 4. The lowest BCUT2D eigenvalue weighted by molar-refractivity contribution is -0.135. The van der Waals surface area contributed by atoms with Crippen LogP contribution in [-0.4, -0.2) is 38.2 Å². The maximum atomic E-state index is 12.7. The van der Waals surface area contributed by atoms with Crippen molar-refractivity contribution in [1.29, 1.82) is 0 Å². The zero-order valence-electron chi connectivity index (χ0n) is 13.9. The number of carbonyl (C=O) groups is 1. The Labute approximate surface area is 141 Å². The number of aromatic nitrogens is 3. The van der Waals surface area contributed by atoms with E-state index in [1.165, 1.54) is 12.1 Å². The minimum absolute atomic E-state index is 0.254. The number of hydrogen-bond acceptors (Lipinski definition) is 4. The number of amides is 1. The highest BCUT2D eigenvalue weighted by molar-refractivity contribution is 7.07. The molecule has 3 rings (SSSR count). The van der Waals surface area contributed by atoms with Gasteiger partial charge in [0.25, 0.3) is 0 Å². The van der Waals surface area contributed by atoms with E-state index in [-0.39, 0.29) is 11.9 Å². The largest absolute Gasteiger partial charge is 0.338 e. The van der Waals surface area contributed by atoms with Crippen LogP contribution in [0.5, 0.6) is 0 Å². The predicted molar refractivity (Wildman–Crippen MR) is 91.5 cm³/mol. The molecule has 6 heteroatoms. The Balaban J connectivity index is 1.63. The zero-order valence-corrected chi connectivity index (χ0v) is 14.7. The third-order valence-corrected chi connectivity index (χ3v) is 5.15. The van der Waals surface area contributed by atoms with Crippen molar-refractivity contribution in [3.63, 3.8) is 0 Å². The van der Waals surface area contributed by atoms with Crippen LogP contribution < -0.4 is 0 Å². The SMILES string of the molecule is Cc1cc(C)n(CC2CCCCN2C(=O)CCc2cscn2)n1.